The Morgan fingerprint density at radius 1 is 1.28 bits per heavy atom. The Morgan fingerprint density at radius 3 is 2.72 bits per heavy atom. The van der Waals surface area contributed by atoms with E-state index in [1.807, 2.05) is 22.4 Å². The first kappa shape index (κ1) is 17.0. The van der Waals surface area contributed by atoms with Crippen LogP contribution in [0.4, 0.5) is 0 Å². The molecule has 1 amide bonds. The van der Waals surface area contributed by atoms with Crippen LogP contribution in [0.2, 0.25) is 0 Å². The number of nitrogens with one attached hydrogen (secondary N) is 1. The van der Waals surface area contributed by atoms with Crippen molar-refractivity contribution in [1.29, 1.82) is 0 Å². The van der Waals surface area contributed by atoms with Crippen LogP contribution in [-0.4, -0.2) is 73.6 Å². The fourth-order valence-electron chi connectivity index (χ4n) is 4.23. The third-order valence-electron chi connectivity index (χ3n) is 5.74. The number of thiophene rings is 1. The molecule has 4 heterocycles. The van der Waals surface area contributed by atoms with Crippen LogP contribution >= 0.6 is 11.3 Å². The molecule has 1 atom stereocenters. The fourth-order valence-corrected chi connectivity index (χ4v) is 4.92. The van der Waals surface area contributed by atoms with Crippen LogP contribution in [0.5, 0.6) is 0 Å². The van der Waals surface area contributed by atoms with Crippen LogP contribution in [0.25, 0.3) is 0 Å². The molecule has 1 spiro atoms. The number of carbonyl (C=O) groups excluding carboxylic acids is 2. The van der Waals surface area contributed by atoms with Crippen LogP contribution in [0.3, 0.4) is 0 Å². The van der Waals surface area contributed by atoms with Gasteiger partial charge >= 0.3 is 5.97 Å². The largest absolute Gasteiger partial charge is 0.461 e. The molecular weight excluding hydrogens is 338 g/mol. The van der Waals surface area contributed by atoms with E-state index in [4.69, 9.17) is 4.74 Å². The van der Waals surface area contributed by atoms with E-state index in [0.717, 1.165) is 70.0 Å². The Kier molecular flexibility index (Phi) is 4.80. The van der Waals surface area contributed by atoms with E-state index in [1.54, 1.807) is 0 Å². The molecule has 0 aromatic carbocycles. The van der Waals surface area contributed by atoms with Crippen molar-refractivity contribution in [1.82, 2.24) is 15.1 Å². The number of hydrogen-bond donors (Lipinski definition) is 1. The Hall–Kier alpha value is -1.44. The molecule has 3 aliphatic rings. The molecule has 0 radical (unpaired) electrons. The van der Waals surface area contributed by atoms with E-state index in [9.17, 15) is 9.59 Å². The third kappa shape index (κ3) is 3.45. The Bertz CT molecular complexity index is 620. The molecule has 1 unspecified atom stereocenters. The van der Waals surface area contributed by atoms with Gasteiger partial charge in [0.15, 0.2) is 0 Å². The van der Waals surface area contributed by atoms with Gasteiger partial charge in [-0.2, -0.15) is 0 Å². The maximum Gasteiger partial charge on any atom is 0.312 e. The zero-order chi connectivity index (χ0) is 17.3. The van der Waals surface area contributed by atoms with Crippen molar-refractivity contribution >= 4 is 23.2 Å². The molecule has 1 aromatic rings. The van der Waals surface area contributed by atoms with Gasteiger partial charge in [-0.05, 0) is 37.4 Å². The van der Waals surface area contributed by atoms with Gasteiger partial charge in [0.05, 0.1) is 10.3 Å². The van der Waals surface area contributed by atoms with Crippen molar-refractivity contribution < 1.29 is 14.3 Å². The minimum absolute atomic E-state index is 0.00477. The van der Waals surface area contributed by atoms with Gasteiger partial charge in [-0.1, -0.05) is 6.07 Å². The van der Waals surface area contributed by atoms with E-state index in [-0.39, 0.29) is 23.4 Å². The average molecular weight is 363 g/mol. The summed E-state index contributed by atoms with van der Waals surface area (Å²) in [5.41, 5.74) is -0.243. The number of nitrogens with zero attached hydrogens (tertiary/aromatic N) is 2. The maximum absolute atomic E-state index is 12.4. The Labute approximate surface area is 152 Å². The molecule has 3 fully saturated rings. The monoisotopic (exact) mass is 363 g/mol. The van der Waals surface area contributed by atoms with E-state index in [2.05, 4.69) is 10.2 Å². The summed E-state index contributed by atoms with van der Waals surface area (Å²) in [6.45, 7) is 5.79. The third-order valence-corrected chi connectivity index (χ3v) is 6.60. The lowest BCUT2D eigenvalue weighted by Gasteiger charge is -2.35. The van der Waals surface area contributed by atoms with E-state index >= 15 is 0 Å². The number of rotatable bonds is 3. The molecule has 136 valence electrons. The number of amides is 1. The minimum atomic E-state index is -0.243. The minimum Gasteiger partial charge on any atom is -0.461 e. The van der Waals surface area contributed by atoms with Gasteiger partial charge in [-0.25, -0.2) is 0 Å². The standard InChI is InChI=1S/C18H25N3O3S/c22-16(15-2-1-11-25-15)21-9-7-20(8-10-21)13-14-12-18(17(23)24-14)3-5-19-6-4-18/h1-2,11,14,19H,3-10,12-13H2. The summed E-state index contributed by atoms with van der Waals surface area (Å²) in [7, 11) is 0. The topological polar surface area (TPSA) is 61.9 Å². The molecule has 0 bridgehead atoms. The lowest BCUT2D eigenvalue weighted by atomic mass is 9.76. The molecule has 4 rings (SSSR count). The summed E-state index contributed by atoms with van der Waals surface area (Å²) in [6, 6.07) is 3.80. The second-order valence-corrected chi connectivity index (χ2v) is 8.28. The fraction of sp³-hybridized carbons (Fsp3) is 0.667. The molecule has 0 aliphatic carbocycles. The zero-order valence-corrected chi connectivity index (χ0v) is 15.2. The van der Waals surface area contributed by atoms with Gasteiger partial charge in [-0.15, -0.1) is 11.3 Å². The smallest absolute Gasteiger partial charge is 0.312 e. The van der Waals surface area contributed by atoms with Gasteiger partial charge in [0.25, 0.3) is 5.91 Å². The average Bonchev–Trinajstić information content (AvgIpc) is 3.25. The molecular formula is C18H25N3O3S. The SMILES string of the molecule is O=C(c1cccs1)N1CCN(CC2CC3(CCNCC3)C(=O)O2)CC1. The second-order valence-electron chi connectivity index (χ2n) is 7.33. The number of cyclic esters (lactones) is 1. The molecule has 1 aromatic heterocycles. The van der Waals surface area contributed by atoms with Crippen molar-refractivity contribution in [3.8, 4) is 0 Å². The lowest BCUT2D eigenvalue weighted by molar-refractivity contribution is -0.150. The molecule has 0 saturated carbocycles. The number of piperidine rings is 1. The Morgan fingerprint density at radius 2 is 2.04 bits per heavy atom. The van der Waals surface area contributed by atoms with Crippen LogP contribution in [0, 0.1) is 5.41 Å². The van der Waals surface area contributed by atoms with E-state index in [0.29, 0.717) is 0 Å². The molecule has 6 nitrogen and oxygen atoms in total. The molecule has 25 heavy (non-hydrogen) atoms. The number of carbonyl (C=O) groups is 2. The van der Waals surface area contributed by atoms with Gasteiger partial charge in [0.1, 0.15) is 6.10 Å². The van der Waals surface area contributed by atoms with Gasteiger partial charge in [-0.3, -0.25) is 14.5 Å². The highest BCUT2D eigenvalue weighted by Gasteiger charge is 2.49. The molecule has 3 saturated heterocycles. The van der Waals surface area contributed by atoms with E-state index < -0.39 is 0 Å². The normalized spacial score (nSPS) is 26.8. The highest BCUT2D eigenvalue weighted by Crippen LogP contribution is 2.41. The van der Waals surface area contributed by atoms with Gasteiger partial charge < -0.3 is 15.0 Å². The summed E-state index contributed by atoms with van der Waals surface area (Å²) in [5.74, 6) is 0.140. The zero-order valence-electron chi connectivity index (χ0n) is 14.4. The number of ether oxygens (including phenoxy) is 1. The highest BCUT2D eigenvalue weighted by atomic mass is 32.1. The predicted molar refractivity (Wildman–Crippen MR) is 95.7 cm³/mol. The lowest BCUT2D eigenvalue weighted by Crippen LogP contribution is -2.50. The van der Waals surface area contributed by atoms with Crippen LogP contribution < -0.4 is 5.32 Å². The predicted octanol–water partition coefficient (Wildman–Crippen LogP) is 1.19. The van der Waals surface area contributed by atoms with Crippen LogP contribution in [-0.2, 0) is 9.53 Å². The number of piperazine rings is 1. The van der Waals surface area contributed by atoms with Crippen molar-refractivity contribution in [2.75, 3.05) is 45.8 Å². The van der Waals surface area contributed by atoms with Crippen LogP contribution in [0.15, 0.2) is 17.5 Å². The quantitative estimate of drug-likeness (QED) is 0.818. The molecule has 1 N–H and O–H groups in total. The van der Waals surface area contributed by atoms with Gasteiger partial charge in [0.2, 0.25) is 0 Å². The highest BCUT2D eigenvalue weighted by molar-refractivity contribution is 7.12. The first-order chi connectivity index (χ1) is 12.2. The van der Waals surface area contributed by atoms with Gasteiger partial charge in [0, 0.05) is 39.1 Å². The number of hydrogen-bond acceptors (Lipinski definition) is 6. The van der Waals surface area contributed by atoms with Crippen LogP contribution in [0.1, 0.15) is 28.9 Å². The van der Waals surface area contributed by atoms with Crippen molar-refractivity contribution in [3.05, 3.63) is 22.4 Å². The summed E-state index contributed by atoms with van der Waals surface area (Å²) in [6.07, 6.45) is 2.64. The van der Waals surface area contributed by atoms with Crippen molar-refractivity contribution in [3.63, 3.8) is 0 Å². The van der Waals surface area contributed by atoms with Crippen molar-refractivity contribution in [2.45, 2.75) is 25.4 Å². The summed E-state index contributed by atoms with van der Waals surface area (Å²) in [5, 5.41) is 5.26. The summed E-state index contributed by atoms with van der Waals surface area (Å²) >= 11 is 1.50. The first-order valence-corrected chi connectivity index (χ1v) is 10.0. The second kappa shape index (κ2) is 7.05. The maximum atomic E-state index is 12.4. The summed E-state index contributed by atoms with van der Waals surface area (Å²) < 4.78 is 5.70. The molecule has 3 aliphatic heterocycles. The van der Waals surface area contributed by atoms with E-state index in [1.165, 1.54) is 11.3 Å². The first-order valence-electron chi connectivity index (χ1n) is 9.13. The summed E-state index contributed by atoms with van der Waals surface area (Å²) in [4.78, 5) is 29.8. The number of esters is 1. The Balaban J connectivity index is 1.28. The molecule has 7 heteroatoms. The van der Waals surface area contributed by atoms with Crippen molar-refractivity contribution in [2.24, 2.45) is 5.41 Å².